The zero-order chi connectivity index (χ0) is 23.4. The van der Waals surface area contributed by atoms with E-state index in [-0.39, 0.29) is 5.75 Å². The summed E-state index contributed by atoms with van der Waals surface area (Å²) >= 11 is 0. The van der Waals surface area contributed by atoms with E-state index < -0.39 is 10.1 Å². The molecular formula is C25H31N3O4S. The van der Waals surface area contributed by atoms with Crippen molar-refractivity contribution in [3.05, 3.63) is 54.2 Å². The fourth-order valence-corrected chi connectivity index (χ4v) is 4.66. The highest BCUT2D eigenvalue weighted by Gasteiger charge is 2.19. The number of pyridine rings is 1. The number of para-hydroxylation sites is 1. The molecular weight excluding hydrogens is 438 g/mol. The molecule has 33 heavy (non-hydrogen) atoms. The van der Waals surface area contributed by atoms with E-state index in [0.717, 1.165) is 73.1 Å². The van der Waals surface area contributed by atoms with Crippen molar-refractivity contribution in [3.8, 4) is 22.6 Å². The van der Waals surface area contributed by atoms with Crippen LogP contribution in [-0.2, 0) is 16.7 Å². The fraction of sp³-hybridized carbons (Fsp3) is 0.400. The van der Waals surface area contributed by atoms with E-state index in [9.17, 15) is 8.42 Å². The van der Waals surface area contributed by atoms with Gasteiger partial charge in [0.15, 0.2) is 0 Å². The molecule has 2 heterocycles. The minimum absolute atomic E-state index is 0.232. The predicted octanol–water partition coefficient (Wildman–Crippen LogP) is 3.78. The molecule has 1 fully saturated rings. The molecule has 2 aromatic carbocycles. The summed E-state index contributed by atoms with van der Waals surface area (Å²) in [5, 5.41) is 1.05. The van der Waals surface area contributed by atoms with Crippen LogP contribution >= 0.6 is 0 Å². The van der Waals surface area contributed by atoms with Gasteiger partial charge in [-0.25, -0.2) is 0 Å². The Morgan fingerprint density at radius 1 is 1.00 bits per heavy atom. The lowest BCUT2D eigenvalue weighted by Gasteiger charge is -2.22. The van der Waals surface area contributed by atoms with Crippen molar-refractivity contribution < 1.29 is 17.3 Å². The molecule has 1 aliphatic heterocycles. The average molecular weight is 470 g/mol. The average Bonchev–Trinajstić information content (AvgIpc) is 2.97. The van der Waals surface area contributed by atoms with Crippen molar-refractivity contribution in [2.45, 2.75) is 19.9 Å². The molecule has 0 radical (unpaired) electrons. The standard InChI is InChI=1S/C25H31N3O4S/c1-4-31-25-17-20(32-33(3,29)30)10-11-21(25)22-16-19-8-5-6-9-23(19)26-24(22)18-28-13-7-12-27(2)14-15-28/h5-6,8-11,16-17H,4,7,12-15,18H2,1-3H3. The molecule has 0 spiro atoms. The summed E-state index contributed by atoms with van der Waals surface area (Å²) < 4.78 is 34.2. The molecule has 1 aromatic heterocycles. The van der Waals surface area contributed by atoms with Crippen LogP contribution in [0, 0.1) is 0 Å². The van der Waals surface area contributed by atoms with Gasteiger partial charge in [-0.15, -0.1) is 0 Å². The summed E-state index contributed by atoms with van der Waals surface area (Å²) in [5.41, 5.74) is 3.80. The second-order valence-corrected chi connectivity index (χ2v) is 10.1. The van der Waals surface area contributed by atoms with Gasteiger partial charge in [-0.2, -0.15) is 8.42 Å². The lowest BCUT2D eigenvalue weighted by Crippen LogP contribution is -2.29. The third kappa shape index (κ3) is 6.01. The highest BCUT2D eigenvalue weighted by Crippen LogP contribution is 2.37. The van der Waals surface area contributed by atoms with E-state index in [4.69, 9.17) is 13.9 Å². The summed E-state index contributed by atoms with van der Waals surface area (Å²) in [6, 6.07) is 15.4. The predicted molar refractivity (Wildman–Crippen MR) is 131 cm³/mol. The van der Waals surface area contributed by atoms with Crippen LogP contribution in [0.15, 0.2) is 48.5 Å². The lowest BCUT2D eigenvalue weighted by atomic mass is 9.99. The number of likely N-dealkylation sites (N-methyl/N-ethyl adjacent to an activating group) is 1. The third-order valence-electron chi connectivity index (χ3n) is 5.78. The highest BCUT2D eigenvalue weighted by molar-refractivity contribution is 7.86. The second kappa shape index (κ2) is 10.1. The molecule has 0 saturated carbocycles. The van der Waals surface area contributed by atoms with Gasteiger partial charge in [-0.05, 0) is 57.7 Å². The quantitative estimate of drug-likeness (QED) is 0.488. The van der Waals surface area contributed by atoms with Crippen LogP contribution in [0.5, 0.6) is 11.5 Å². The van der Waals surface area contributed by atoms with E-state index in [0.29, 0.717) is 12.4 Å². The van der Waals surface area contributed by atoms with Gasteiger partial charge >= 0.3 is 10.1 Å². The molecule has 0 aliphatic carbocycles. The summed E-state index contributed by atoms with van der Waals surface area (Å²) in [4.78, 5) is 9.85. The van der Waals surface area contributed by atoms with Gasteiger partial charge in [0.1, 0.15) is 11.5 Å². The van der Waals surface area contributed by atoms with Crippen LogP contribution < -0.4 is 8.92 Å². The van der Waals surface area contributed by atoms with Gasteiger partial charge in [0.25, 0.3) is 0 Å². The van der Waals surface area contributed by atoms with Gasteiger partial charge in [-0.3, -0.25) is 9.88 Å². The molecule has 1 aliphatic rings. The molecule has 0 unspecified atom stereocenters. The van der Waals surface area contributed by atoms with Crippen molar-refractivity contribution in [2.24, 2.45) is 0 Å². The van der Waals surface area contributed by atoms with Crippen LogP contribution in [0.2, 0.25) is 0 Å². The van der Waals surface area contributed by atoms with E-state index in [1.165, 1.54) is 0 Å². The number of benzene rings is 2. The normalized spacial score (nSPS) is 16.0. The summed E-state index contributed by atoms with van der Waals surface area (Å²) in [7, 11) is -1.46. The summed E-state index contributed by atoms with van der Waals surface area (Å²) in [6.45, 7) is 7.24. The molecule has 7 nitrogen and oxygen atoms in total. The van der Waals surface area contributed by atoms with E-state index in [2.05, 4.69) is 29.0 Å². The minimum atomic E-state index is -3.63. The zero-order valence-electron chi connectivity index (χ0n) is 19.5. The first-order valence-electron chi connectivity index (χ1n) is 11.3. The smallest absolute Gasteiger partial charge is 0.306 e. The molecule has 8 heteroatoms. The SMILES string of the molecule is CCOc1cc(OS(C)(=O)=O)ccc1-c1cc2ccccc2nc1CN1CCCN(C)CC1. The molecule has 0 amide bonds. The molecule has 176 valence electrons. The van der Waals surface area contributed by atoms with Crippen LogP contribution in [0.1, 0.15) is 19.0 Å². The maximum absolute atomic E-state index is 11.6. The first-order chi connectivity index (χ1) is 15.8. The Bertz CT molecular complexity index is 1230. The Morgan fingerprint density at radius 2 is 1.82 bits per heavy atom. The first kappa shape index (κ1) is 23.5. The van der Waals surface area contributed by atoms with Gasteiger partial charge in [0.05, 0.1) is 24.1 Å². The number of aromatic nitrogens is 1. The Hall–Kier alpha value is -2.68. The summed E-state index contributed by atoms with van der Waals surface area (Å²) in [6.07, 6.45) is 2.16. The van der Waals surface area contributed by atoms with Gasteiger partial charge in [0.2, 0.25) is 0 Å². The van der Waals surface area contributed by atoms with Crippen molar-refractivity contribution in [1.29, 1.82) is 0 Å². The highest BCUT2D eigenvalue weighted by atomic mass is 32.2. The van der Waals surface area contributed by atoms with Crippen molar-refractivity contribution in [2.75, 3.05) is 46.1 Å². The number of rotatable bonds is 7. The van der Waals surface area contributed by atoms with E-state index in [1.54, 1.807) is 12.1 Å². The Kier molecular flexibility index (Phi) is 7.17. The van der Waals surface area contributed by atoms with E-state index >= 15 is 0 Å². The van der Waals surface area contributed by atoms with E-state index in [1.807, 2.05) is 31.2 Å². The van der Waals surface area contributed by atoms with Gasteiger partial charge in [-0.1, -0.05) is 18.2 Å². The monoisotopic (exact) mass is 469 g/mol. The third-order valence-corrected chi connectivity index (χ3v) is 6.27. The minimum Gasteiger partial charge on any atom is -0.493 e. The molecule has 3 aromatic rings. The number of ether oxygens (including phenoxy) is 1. The number of fused-ring (bicyclic) bond motifs is 1. The Balaban J connectivity index is 1.79. The lowest BCUT2D eigenvalue weighted by molar-refractivity contribution is 0.267. The fourth-order valence-electron chi connectivity index (χ4n) is 4.21. The van der Waals surface area contributed by atoms with Crippen LogP contribution in [0.3, 0.4) is 0 Å². The Labute approximate surface area is 196 Å². The second-order valence-electron chi connectivity index (χ2n) is 8.49. The molecule has 1 saturated heterocycles. The largest absolute Gasteiger partial charge is 0.493 e. The van der Waals surface area contributed by atoms with Crippen molar-refractivity contribution in [1.82, 2.24) is 14.8 Å². The van der Waals surface area contributed by atoms with Gasteiger partial charge < -0.3 is 13.8 Å². The van der Waals surface area contributed by atoms with Crippen LogP contribution in [0.25, 0.3) is 22.0 Å². The van der Waals surface area contributed by atoms with Gasteiger partial charge in [0, 0.05) is 42.2 Å². The van der Waals surface area contributed by atoms with Crippen LogP contribution in [0.4, 0.5) is 0 Å². The number of hydrogen-bond donors (Lipinski definition) is 0. The topological polar surface area (TPSA) is 72.0 Å². The first-order valence-corrected chi connectivity index (χ1v) is 13.1. The molecule has 0 N–H and O–H groups in total. The maximum Gasteiger partial charge on any atom is 0.306 e. The number of hydrogen-bond acceptors (Lipinski definition) is 7. The number of nitrogens with zero attached hydrogens (tertiary/aromatic N) is 3. The maximum atomic E-state index is 11.6. The Morgan fingerprint density at radius 3 is 2.61 bits per heavy atom. The van der Waals surface area contributed by atoms with Crippen molar-refractivity contribution >= 4 is 21.0 Å². The molecule has 0 atom stereocenters. The molecule has 4 rings (SSSR count). The molecule has 0 bridgehead atoms. The zero-order valence-corrected chi connectivity index (χ0v) is 20.3. The van der Waals surface area contributed by atoms with Crippen molar-refractivity contribution in [3.63, 3.8) is 0 Å². The van der Waals surface area contributed by atoms with Crippen LogP contribution in [-0.4, -0.2) is 69.3 Å². The summed E-state index contributed by atoms with van der Waals surface area (Å²) in [5.74, 6) is 0.808.